The van der Waals surface area contributed by atoms with Crippen molar-refractivity contribution in [3.63, 3.8) is 0 Å². The molecule has 0 saturated carbocycles. The minimum absolute atomic E-state index is 0.0356. The first kappa shape index (κ1) is 18.4. The second-order valence-electron chi connectivity index (χ2n) is 3.17. The number of carbonyl (C=O) groups is 2. The lowest BCUT2D eigenvalue weighted by Crippen LogP contribution is -1.86. The predicted molar refractivity (Wildman–Crippen MR) is 64.9 cm³/mol. The number of carboxylic acids is 2. The molecule has 0 amide bonds. The Balaban J connectivity index is 0. The molecule has 0 aliphatic carbocycles. The van der Waals surface area contributed by atoms with E-state index in [2.05, 4.69) is 0 Å². The molecule has 0 aliphatic rings. The molecule has 1 rings (SSSR count). The molecule has 4 N–H and O–H groups in total. The second-order valence-corrected chi connectivity index (χ2v) is 3.17. The van der Waals surface area contributed by atoms with Crippen LogP contribution in [0.15, 0.2) is 24.3 Å². The molecular formula is C12H18O6. The Hall–Kier alpha value is -1.92. The summed E-state index contributed by atoms with van der Waals surface area (Å²) in [5.41, 5.74) is 1.68. The Morgan fingerprint density at radius 2 is 1.22 bits per heavy atom. The summed E-state index contributed by atoms with van der Waals surface area (Å²) in [4.78, 5) is 18.0. The predicted octanol–water partition coefficient (Wildman–Crippen LogP) is 0.853. The van der Waals surface area contributed by atoms with Crippen molar-refractivity contribution in [1.82, 2.24) is 0 Å². The Morgan fingerprint density at radius 3 is 1.44 bits per heavy atom. The monoisotopic (exact) mass is 258 g/mol. The number of aliphatic carboxylic acids is 2. The van der Waals surface area contributed by atoms with E-state index in [0.29, 0.717) is 0 Å². The van der Waals surface area contributed by atoms with Crippen LogP contribution in [0.25, 0.3) is 0 Å². The van der Waals surface area contributed by atoms with Crippen molar-refractivity contribution in [2.24, 2.45) is 0 Å². The highest BCUT2D eigenvalue weighted by Crippen LogP contribution is 2.04. The van der Waals surface area contributed by atoms with Crippen molar-refractivity contribution < 1.29 is 30.0 Å². The molecule has 0 unspecified atom stereocenters. The SMILES string of the molecule is CC(=O)O.CC(=O)O.OCc1cccc(CO)c1. The second kappa shape index (κ2) is 11.6. The van der Waals surface area contributed by atoms with E-state index in [0.717, 1.165) is 25.0 Å². The van der Waals surface area contributed by atoms with E-state index in [1.165, 1.54) is 0 Å². The van der Waals surface area contributed by atoms with Gasteiger partial charge >= 0.3 is 0 Å². The van der Waals surface area contributed by atoms with Gasteiger partial charge in [0.2, 0.25) is 0 Å². The molecular weight excluding hydrogens is 240 g/mol. The van der Waals surface area contributed by atoms with E-state index in [1.807, 2.05) is 18.2 Å². The number of rotatable bonds is 2. The molecule has 0 aromatic heterocycles. The lowest BCUT2D eigenvalue weighted by atomic mass is 10.1. The summed E-state index contributed by atoms with van der Waals surface area (Å²) in [5.74, 6) is -1.67. The number of carboxylic acid groups (broad SMARTS) is 2. The molecule has 18 heavy (non-hydrogen) atoms. The zero-order valence-electron chi connectivity index (χ0n) is 10.3. The van der Waals surface area contributed by atoms with Crippen molar-refractivity contribution in [3.05, 3.63) is 35.4 Å². The summed E-state index contributed by atoms with van der Waals surface area (Å²) in [6.45, 7) is 2.24. The average Bonchev–Trinajstić information content (AvgIpc) is 2.27. The lowest BCUT2D eigenvalue weighted by Gasteiger charge is -1.97. The van der Waals surface area contributed by atoms with Crippen molar-refractivity contribution in [3.8, 4) is 0 Å². The minimum atomic E-state index is -0.833. The van der Waals surface area contributed by atoms with Crippen molar-refractivity contribution in [1.29, 1.82) is 0 Å². The fraction of sp³-hybridized carbons (Fsp3) is 0.333. The first-order valence-corrected chi connectivity index (χ1v) is 5.02. The summed E-state index contributed by atoms with van der Waals surface area (Å²) in [7, 11) is 0. The molecule has 0 atom stereocenters. The van der Waals surface area contributed by atoms with Gasteiger partial charge in [-0.3, -0.25) is 9.59 Å². The highest BCUT2D eigenvalue weighted by molar-refractivity contribution is 5.63. The first-order valence-electron chi connectivity index (χ1n) is 5.02. The molecule has 0 bridgehead atoms. The number of hydrogen-bond acceptors (Lipinski definition) is 4. The maximum atomic E-state index is 9.00. The topological polar surface area (TPSA) is 115 Å². The molecule has 0 saturated heterocycles. The van der Waals surface area contributed by atoms with Crippen LogP contribution in [-0.4, -0.2) is 32.4 Å². The largest absolute Gasteiger partial charge is 0.481 e. The van der Waals surface area contributed by atoms with E-state index in [-0.39, 0.29) is 13.2 Å². The van der Waals surface area contributed by atoms with Crippen LogP contribution in [0.1, 0.15) is 25.0 Å². The Kier molecular flexibility index (Phi) is 11.8. The Labute approximate surface area is 105 Å². The van der Waals surface area contributed by atoms with E-state index in [4.69, 9.17) is 30.0 Å². The van der Waals surface area contributed by atoms with Gasteiger partial charge in [0.25, 0.3) is 11.9 Å². The van der Waals surface area contributed by atoms with E-state index >= 15 is 0 Å². The summed E-state index contributed by atoms with van der Waals surface area (Å²) < 4.78 is 0. The van der Waals surface area contributed by atoms with Crippen molar-refractivity contribution >= 4 is 11.9 Å². The fourth-order valence-electron chi connectivity index (χ4n) is 0.826. The third-order valence-corrected chi connectivity index (χ3v) is 1.36. The maximum absolute atomic E-state index is 9.00. The zero-order chi connectivity index (χ0) is 14.6. The van der Waals surface area contributed by atoms with Crippen LogP contribution < -0.4 is 0 Å². The van der Waals surface area contributed by atoms with Gasteiger partial charge in [0.05, 0.1) is 13.2 Å². The number of hydrogen-bond donors (Lipinski definition) is 4. The molecule has 0 spiro atoms. The zero-order valence-corrected chi connectivity index (χ0v) is 10.3. The van der Waals surface area contributed by atoms with Crippen LogP contribution in [-0.2, 0) is 22.8 Å². The fourth-order valence-corrected chi connectivity index (χ4v) is 0.826. The normalized spacial score (nSPS) is 8.22. The van der Waals surface area contributed by atoms with Crippen LogP contribution in [0.4, 0.5) is 0 Å². The van der Waals surface area contributed by atoms with Gasteiger partial charge in [0.15, 0.2) is 0 Å². The van der Waals surface area contributed by atoms with Crippen molar-refractivity contribution in [2.75, 3.05) is 0 Å². The van der Waals surface area contributed by atoms with Crippen LogP contribution in [0.5, 0.6) is 0 Å². The lowest BCUT2D eigenvalue weighted by molar-refractivity contribution is -0.135. The number of benzene rings is 1. The van der Waals surface area contributed by atoms with Crippen LogP contribution >= 0.6 is 0 Å². The van der Waals surface area contributed by atoms with Crippen LogP contribution in [0.3, 0.4) is 0 Å². The molecule has 0 radical (unpaired) electrons. The van der Waals surface area contributed by atoms with Gasteiger partial charge in [-0.05, 0) is 11.1 Å². The maximum Gasteiger partial charge on any atom is 0.300 e. The van der Waals surface area contributed by atoms with E-state index < -0.39 is 11.9 Å². The summed E-state index contributed by atoms with van der Waals surface area (Å²) in [6, 6.07) is 7.23. The highest BCUT2D eigenvalue weighted by atomic mass is 16.4. The molecule has 102 valence electrons. The van der Waals surface area contributed by atoms with Gasteiger partial charge in [-0.25, -0.2) is 0 Å². The molecule has 1 aromatic rings. The van der Waals surface area contributed by atoms with E-state index in [1.54, 1.807) is 6.07 Å². The van der Waals surface area contributed by atoms with Crippen molar-refractivity contribution in [2.45, 2.75) is 27.1 Å². The molecule has 0 heterocycles. The van der Waals surface area contributed by atoms with Gasteiger partial charge in [0, 0.05) is 13.8 Å². The summed E-state index contributed by atoms with van der Waals surface area (Å²) in [5, 5.41) is 32.2. The first-order chi connectivity index (χ1) is 8.33. The highest BCUT2D eigenvalue weighted by Gasteiger charge is 1.91. The number of aliphatic hydroxyl groups excluding tert-OH is 2. The smallest absolute Gasteiger partial charge is 0.300 e. The van der Waals surface area contributed by atoms with Crippen LogP contribution in [0, 0.1) is 0 Å². The standard InChI is InChI=1S/C8H10O2.2C2H4O2/c9-5-7-2-1-3-8(4-7)6-10;2*1-2(3)4/h1-4,9-10H,5-6H2;2*1H3,(H,3,4). The Morgan fingerprint density at radius 1 is 0.944 bits per heavy atom. The average molecular weight is 258 g/mol. The van der Waals surface area contributed by atoms with Crippen LogP contribution in [0.2, 0.25) is 0 Å². The van der Waals surface area contributed by atoms with Gasteiger partial charge in [-0.15, -0.1) is 0 Å². The molecule has 1 aromatic carbocycles. The van der Waals surface area contributed by atoms with Gasteiger partial charge in [-0.2, -0.15) is 0 Å². The third-order valence-electron chi connectivity index (χ3n) is 1.36. The number of aliphatic hydroxyl groups is 2. The van der Waals surface area contributed by atoms with Gasteiger partial charge in [-0.1, -0.05) is 24.3 Å². The summed E-state index contributed by atoms with van der Waals surface area (Å²) in [6.07, 6.45) is 0. The van der Waals surface area contributed by atoms with Gasteiger partial charge in [0.1, 0.15) is 0 Å². The Bertz CT molecular complexity index is 322. The molecule has 0 aliphatic heterocycles. The molecule has 6 nitrogen and oxygen atoms in total. The van der Waals surface area contributed by atoms with Gasteiger partial charge < -0.3 is 20.4 Å². The molecule has 0 fully saturated rings. The minimum Gasteiger partial charge on any atom is -0.481 e. The third kappa shape index (κ3) is 16.5. The summed E-state index contributed by atoms with van der Waals surface area (Å²) >= 11 is 0. The quantitative estimate of drug-likeness (QED) is 0.625. The molecule has 6 heteroatoms. The van der Waals surface area contributed by atoms with E-state index in [9.17, 15) is 0 Å².